The molecule has 2 atom stereocenters. The fourth-order valence-electron chi connectivity index (χ4n) is 8.21. The number of fused-ring (bicyclic) bond motifs is 1. The number of nitrogens with zero attached hydrogens (tertiary/aromatic N) is 2. The highest BCUT2D eigenvalue weighted by Gasteiger charge is 2.34. The number of hydrogen-bond acceptors (Lipinski definition) is 11. The molecule has 70 heavy (non-hydrogen) atoms. The maximum atomic E-state index is 14.6. The Morgan fingerprint density at radius 3 is 2.14 bits per heavy atom. The lowest BCUT2D eigenvalue weighted by Crippen LogP contribution is -2.50. The summed E-state index contributed by atoms with van der Waals surface area (Å²) in [5.74, 6) is -0.134. The Labute approximate surface area is 410 Å². The zero-order valence-electron chi connectivity index (χ0n) is 40.9. The van der Waals surface area contributed by atoms with Gasteiger partial charge in [-0.2, -0.15) is 0 Å². The predicted molar refractivity (Wildman–Crippen MR) is 265 cm³/mol. The molecule has 2 aliphatic rings. The Hall–Kier alpha value is -6.89. The summed E-state index contributed by atoms with van der Waals surface area (Å²) in [6, 6.07) is 19.5. The van der Waals surface area contributed by atoms with Gasteiger partial charge in [-0.3, -0.25) is 34.4 Å². The van der Waals surface area contributed by atoms with Gasteiger partial charge in [0.25, 0.3) is 0 Å². The molecule has 380 valence electrons. The summed E-state index contributed by atoms with van der Waals surface area (Å²) in [5, 5.41) is 29.2. The molecule has 0 aromatic heterocycles. The topological polar surface area (TPSA) is 267 Å². The molecular formula is C51H72N10O9. The van der Waals surface area contributed by atoms with Crippen LogP contribution in [0.1, 0.15) is 107 Å². The number of nitrogens with two attached hydrogens (primary N) is 1. The number of aromatic hydroxyl groups is 1. The molecule has 0 unspecified atom stereocenters. The smallest absolute Gasteiger partial charge is 0.407 e. The number of hydrogen-bond donors (Lipinski definition) is 9. The maximum Gasteiger partial charge on any atom is 0.407 e. The number of phenolic OH excluding ortho intramolecular Hbond substituents is 1. The molecule has 10 N–H and O–H groups in total. The van der Waals surface area contributed by atoms with E-state index in [-0.39, 0.29) is 79.4 Å². The van der Waals surface area contributed by atoms with Crippen LogP contribution < -0.4 is 47.7 Å². The van der Waals surface area contributed by atoms with Crippen molar-refractivity contribution in [3.05, 3.63) is 95.1 Å². The fourth-order valence-corrected chi connectivity index (χ4v) is 8.21. The van der Waals surface area contributed by atoms with Gasteiger partial charge in [-0.05, 0) is 118 Å². The van der Waals surface area contributed by atoms with Crippen molar-refractivity contribution in [3.8, 4) is 11.5 Å². The Bertz CT molecular complexity index is 2200. The predicted octanol–water partition coefficient (Wildman–Crippen LogP) is 4.39. The molecule has 19 nitrogen and oxygen atoms in total. The van der Waals surface area contributed by atoms with Crippen LogP contribution in [0.5, 0.6) is 11.5 Å². The highest BCUT2D eigenvalue weighted by Crippen LogP contribution is 2.33. The Balaban J connectivity index is 1.15. The lowest BCUT2D eigenvalue weighted by Gasteiger charge is -2.29. The number of aliphatic imine (C=N–C) groups is 1. The van der Waals surface area contributed by atoms with E-state index in [0.29, 0.717) is 63.4 Å². The summed E-state index contributed by atoms with van der Waals surface area (Å²) in [7, 11) is 0. The van der Waals surface area contributed by atoms with Crippen molar-refractivity contribution < 1.29 is 43.3 Å². The summed E-state index contributed by atoms with van der Waals surface area (Å²) in [6.45, 7) is 10.4. The van der Waals surface area contributed by atoms with E-state index >= 15 is 0 Å². The van der Waals surface area contributed by atoms with Gasteiger partial charge in [0, 0.05) is 63.7 Å². The molecule has 3 aromatic carbocycles. The van der Waals surface area contributed by atoms with E-state index in [4.69, 9.17) is 15.2 Å². The second-order valence-electron chi connectivity index (χ2n) is 18.8. The van der Waals surface area contributed by atoms with Crippen LogP contribution >= 0.6 is 0 Å². The van der Waals surface area contributed by atoms with Crippen LogP contribution in [0.2, 0.25) is 0 Å². The molecule has 0 bridgehead atoms. The third-order valence-corrected chi connectivity index (χ3v) is 12.0. The molecule has 5 rings (SSSR count). The molecule has 1 heterocycles. The number of nitrogens with one attached hydrogen (secondary N) is 7. The summed E-state index contributed by atoms with van der Waals surface area (Å²) in [4.78, 5) is 83.4. The van der Waals surface area contributed by atoms with Crippen LogP contribution in [-0.2, 0) is 43.5 Å². The average molecular weight is 969 g/mol. The van der Waals surface area contributed by atoms with Gasteiger partial charge in [0.2, 0.25) is 23.6 Å². The van der Waals surface area contributed by atoms with Gasteiger partial charge in [-0.15, -0.1) is 0 Å². The molecule has 7 amide bonds. The van der Waals surface area contributed by atoms with Gasteiger partial charge in [0.05, 0.1) is 13.2 Å². The summed E-state index contributed by atoms with van der Waals surface area (Å²) >= 11 is 0. The van der Waals surface area contributed by atoms with E-state index in [1.165, 1.54) is 12.1 Å². The zero-order valence-corrected chi connectivity index (χ0v) is 40.9. The van der Waals surface area contributed by atoms with Crippen molar-refractivity contribution in [3.63, 3.8) is 0 Å². The molecule has 1 aliphatic heterocycles. The van der Waals surface area contributed by atoms with Crippen LogP contribution in [0.15, 0.2) is 77.8 Å². The number of benzene rings is 3. The monoisotopic (exact) mass is 969 g/mol. The first-order chi connectivity index (χ1) is 33.6. The Morgan fingerprint density at radius 2 is 1.49 bits per heavy atom. The number of rotatable bonds is 23. The lowest BCUT2D eigenvalue weighted by molar-refractivity contribution is -0.132. The van der Waals surface area contributed by atoms with Gasteiger partial charge in [-0.25, -0.2) is 9.59 Å². The number of guanidine groups is 1. The SMILES string of the molecule is CCC(=O)NCCNC(=O)NC(N)=NCCC[C@@H](NC(=O)[C@H](c1ccc(OCCCNC(=O)C2CCC(COC(=O)NC(C)(C)C)CC2)cc1)N1Cc2ccccc2C1)C(=O)NCc1ccc(O)cc1. The maximum absolute atomic E-state index is 14.6. The van der Waals surface area contributed by atoms with Gasteiger partial charge in [0.1, 0.15) is 23.6 Å². The third kappa shape index (κ3) is 18.5. The quantitative estimate of drug-likeness (QED) is 0.0366. The van der Waals surface area contributed by atoms with Crippen molar-refractivity contribution >= 4 is 41.7 Å². The van der Waals surface area contributed by atoms with E-state index in [1.807, 2.05) is 69.3 Å². The molecule has 1 fully saturated rings. The van der Waals surface area contributed by atoms with Crippen LogP contribution in [0.4, 0.5) is 9.59 Å². The van der Waals surface area contributed by atoms with Crippen molar-refractivity contribution in [2.45, 2.75) is 116 Å². The van der Waals surface area contributed by atoms with Crippen molar-refractivity contribution in [1.82, 2.24) is 42.1 Å². The van der Waals surface area contributed by atoms with Gasteiger partial charge >= 0.3 is 12.1 Å². The van der Waals surface area contributed by atoms with Crippen molar-refractivity contribution in [1.29, 1.82) is 0 Å². The van der Waals surface area contributed by atoms with Crippen LogP contribution in [-0.4, -0.2) is 103 Å². The first-order valence-electron chi connectivity index (χ1n) is 24.3. The molecular weight excluding hydrogens is 897 g/mol. The minimum Gasteiger partial charge on any atom is -0.508 e. The van der Waals surface area contributed by atoms with E-state index in [0.717, 1.165) is 42.4 Å². The zero-order chi connectivity index (χ0) is 50.5. The van der Waals surface area contributed by atoms with E-state index in [1.54, 1.807) is 19.1 Å². The van der Waals surface area contributed by atoms with E-state index in [2.05, 4.69) is 47.1 Å². The first kappa shape index (κ1) is 54.1. The number of carbonyl (C=O) groups excluding carboxylic acids is 6. The van der Waals surface area contributed by atoms with Crippen molar-refractivity contribution in [2.75, 3.05) is 39.4 Å². The summed E-state index contributed by atoms with van der Waals surface area (Å²) in [6.07, 6.45) is 4.18. The Morgan fingerprint density at radius 1 is 0.814 bits per heavy atom. The van der Waals surface area contributed by atoms with E-state index < -0.39 is 30.1 Å². The minimum absolute atomic E-state index is 0.0276. The largest absolute Gasteiger partial charge is 0.508 e. The first-order valence-corrected chi connectivity index (χ1v) is 24.3. The van der Waals surface area contributed by atoms with Gasteiger partial charge in [0.15, 0.2) is 5.96 Å². The van der Waals surface area contributed by atoms with Gasteiger partial charge < -0.3 is 52.2 Å². The standard InChI is InChI=1S/C51H72N10O9/c1-5-43(63)53-27-28-56-49(67)59-48(52)55-25-8-12-42(46(65)57-30-34-15-21-40(62)22-16-34)58-47(66)44(61-31-38-10-6-7-11-39(38)32-61)36-19-23-41(24-20-36)69-29-9-26-54-45(64)37-17-13-35(14-18-37)33-70-50(68)60-51(2,3)4/h6-7,10-11,15-16,19-24,35,37,42,44,62H,5,8-9,12-14,17-18,25-33H2,1-4H3,(H,53,63)(H,54,64)(H,57,65)(H,58,66)(H,60,68)(H4,52,55,56,59,67)/t35?,37?,42-,44+/m1/s1. The number of amides is 7. The molecule has 1 aliphatic carbocycles. The number of carbonyl (C=O) groups is 6. The molecule has 3 aromatic rings. The highest BCUT2D eigenvalue weighted by molar-refractivity contribution is 5.95. The highest BCUT2D eigenvalue weighted by atomic mass is 16.5. The van der Waals surface area contributed by atoms with Crippen LogP contribution in [0.3, 0.4) is 0 Å². The average Bonchev–Trinajstić information content (AvgIpc) is 3.76. The molecule has 0 radical (unpaired) electrons. The third-order valence-electron chi connectivity index (χ3n) is 12.0. The number of ether oxygens (including phenoxy) is 2. The normalized spacial score (nSPS) is 16.7. The lowest BCUT2D eigenvalue weighted by atomic mass is 9.82. The summed E-state index contributed by atoms with van der Waals surface area (Å²) < 4.78 is 11.5. The number of urea groups is 1. The summed E-state index contributed by atoms with van der Waals surface area (Å²) in [5.41, 5.74) is 9.27. The second-order valence-corrected chi connectivity index (χ2v) is 18.8. The Kier molecular flexibility index (Phi) is 21.1. The van der Waals surface area contributed by atoms with Crippen LogP contribution in [0, 0.1) is 11.8 Å². The van der Waals surface area contributed by atoms with Crippen LogP contribution in [0.25, 0.3) is 0 Å². The minimum atomic E-state index is -0.964. The number of alkyl carbamates (subject to hydrolysis) is 1. The van der Waals surface area contributed by atoms with Crippen molar-refractivity contribution in [2.24, 2.45) is 22.6 Å². The molecule has 0 saturated heterocycles. The molecule has 19 heteroatoms. The second kappa shape index (κ2) is 27.3. The number of phenols is 1. The fraction of sp³-hybridized carbons (Fsp3) is 0.510. The molecule has 0 spiro atoms. The van der Waals surface area contributed by atoms with E-state index in [9.17, 15) is 33.9 Å². The van der Waals surface area contributed by atoms with Gasteiger partial charge in [-0.1, -0.05) is 55.5 Å². The molecule has 1 saturated carbocycles.